The standard InChI is InChI=1S/C23H21ClFN3O3/c1-12-27-22(28-31-12)21-18(8-16(24)9-19(21)25)14-4-5-17-13(6-14)2-3-15(17)7-20(29)23(26)10-30-11-23/h4-6,8-9,15H,2-3,7,10-11,26H2,1H3/t15-/m1/s1. The number of rotatable bonds is 5. The molecule has 8 heteroatoms. The van der Waals surface area contributed by atoms with Gasteiger partial charge < -0.3 is 15.0 Å². The van der Waals surface area contributed by atoms with Crippen molar-refractivity contribution in [2.45, 2.75) is 37.6 Å². The Labute approximate surface area is 183 Å². The van der Waals surface area contributed by atoms with Gasteiger partial charge in [0.25, 0.3) is 0 Å². The van der Waals surface area contributed by atoms with E-state index in [1.165, 1.54) is 6.07 Å². The van der Waals surface area contributed by atoms with Crippen molar-refractivity contribution >= 4 is 17.4 Å². The van der Waals surface area contributed by atoms with Gasteiger partial charge in [-0.2, -0.15) is 4.98 Å². The summed E-state index contributed by atoms with van der Waals surface area (Å²) >= 11 is 6.16. The van der Waals surface area contributed by atoms with Crippen LogP contribution in [0.2, 0.25) is 5.02 Å². The van der Waals surface area contributed by atoms with E-state index in [0.29, 0.717) is 31.1 Å². The average Bonchev–Trinajstić information content (AvgIpc) is 3.31. The van der Waals surface area contributed by atoms with Gasteiger partial charge in [-0.3, -0.25) is 4.79 Å². The molecule has 0 radical (unpaired) electrons. The van der Waals surface area contributed by atoms with Crippen molar-refractivity contribution in [3.05, 3.63) is 58.2 Å². The van der Waals surface area contributed by atoms with Crippen molar-refractivity contribution in [2.75, 3.05) is 13.2 Å². The number of nitrogens with two attached hydrogens (primary N) is 1. The normalized spacial score (nSPS) is 19.2. The second-order valence-electron chi connectivity index (χ2n) is 8.37. The number of Topliss-reactive ketones (excluding diaryl/α,β-unsaturated/α-hetero) is 1. The predicted molar refractivity (Wildman–Crippen MR) is 113 cm³/mol. The first-order valence-electron chi connectivity index (χ1n) is 10.2. The molecular weight excluding hydrogens is 421 g/mol. The summed E-state index contributed by atoms with van der Waals surface area (Å²) in [6, 6.07) is 8.92. The molecule has 1 aliphatic carbocycles. The molecule has 1 fully saturated rings. The van der Waals surface area contributed by atoms with Crippen LogP contribution in [-0.2, 0) is 16.0 Å². The third kappa shape index (κ3) is 3.56. The van der Waals surface area contributed by atoms with Crippen LogP contribution in [0.3, 0.4) is 0 Å². The zero-order chi connectivity index (χ0) is 21.8. The largest absolute Gasteiger partial charge is 0.376 e. The Morgan fingerprint density at radius 1 is 1.32 bits per heavy atom. The highest BCUT2D eigenvalue weighted by atomic mass is 35.5. The number of benzene rings is 2. The van der Waals surface area contributed by atoms with E-state index in [1.807, 2.05) is 18.2 Å². The van der Waals surface area contributed by atoms with Crippen molar-refractivity contribution in [1.82, 2.24) is 10.1 Å². The predicted octanol–water partition coefficient (Wildman–Crippen LogP) is 4.22. The molecular formula is C23H21ClFN3O3. The maximum Gasteiger partial charge on any atom is 0.223 e. The fraction of sp³-hybridized carbons (Fsp3) is 0.348. The molecule has 31 heavy (non-hydrogen) atoms. The Bertz CT molecular complexity index is 1190. The van der Waals surface area contributed by atoms with Gasteiger partial charge in [-0.25, -0.2) is 4.39 Å². The molecule has 0 bridgehead atoms. The van der Waals surface area contributed by atoms with Crippen molar-refractivity contribution in [3.63, 3.8) is 0 Å². The van der Waals surface area contributed by atoms with E-state index >= 15 is 0 Å². The third-order valence-corrected chi connectivity index (χ3v) is 6.39. The molecule has 160 valence electrons. The molecule has 0 saturated carbocycles. The van der Waals surface area contributed by atoms with Crippen LogP contribution in [-0.4, -0.2) is 34.7 Å². The first-order valence-corrected chi connectivity index (χ1v) is 10.5. The number of nitrogens with zero attached hydrogens (tertiary/aromatic N) is 2. The lowest BCUT2D eigenvalue weighted by atomic mass is 9.85. The molecule has 2 aromatic carbocycles. The summed E-state index contributed by atoms with van der Waals surface area (Å²) in [6.07, 6.45) is 2.13. The van der Waals surface area contributed by atoms with Crippen molar-refractivity contribution in [1.29, 1.82) is 0 Å². The van der Waals surface area contributed by atoms with Gasteiger partial charge in [0.2, 0.25) is 11.7 Å². The first-order chi connectivity index (χ1) is 14.8. The van der Waals surface area contributed by atoms with E-state index in [0.717, 1.165) is 29.5 Å². The Kier molecular flexibility index (Phi) is 4.92. The number of hydrogen-bond donors (Lipinski definition) is 1. The fourth-order valence-corrected chi connectivity index (χ4v) is 4.63. The van der Waals surface area contributed by atoms with E-state index in [2.05, 4.69) is 10.1 Å². The van der Waals surface area contributed by atoms with Gasteiger partial charge in [0, 0.05) is 18.4 Å². The molecule has 2 heterocycles. The minimum Gasteiger partial charge on any atom is -0.376 e. The minimum absolute atomic E-state index is 0.0485. The first kappa shape index (κ1) is 20.3. The lowest BCUT2D eigenvalue weighted by Crippen LogP contribution is -2.63. The van der Waals surface area contributed by atoms with Crippen LogP contribution in [0.15, 0.2) is 34.9 Å². The van der Waals surface area contributed by atoms with E-state index < -0.39 is 11.4 Å². The molecule has 1 saturated heterocycles. The second kappa shape index (κ2) is 7.51. The average molecular weight is 442 g/mol. The zero-order valence-electron chi connectivity index (χ0n) is 17.0. The zero-order valence-corrected chi connectivity index (χ0v) is 17.7. The topological polar surface area (TPSA) is 91.2 Å². The van der Waals surface area contributed by atoms with Crippen LogP contribution in [0.1, 0.15) is 35.8 Å². The van der Waals surface area contributed by atoms with Gasteiger partial charge in [0.05, 0.1) is 18.8 Å². The molecule has 0 unspecified atom stereocenters. The number of ketones is 1. The summed E-state index contributed by atoms with van der Waals surface area (Å²) in [7, 11) is 0. The Morgan fingerprint density at radius 2 is 2.13 bits per heavy atom. The van der Waals surface area contributed by atoms with Crippen molar-refractivity contribution in [2.24, 2.45) is 5.73 Å². The minimum atomic E-state index is -0.835. The van der Waals surface area contributed by atoms with Gasteiger partial charge in [-0.15, -0.1) is 0 Å². The molecule has 1 atom stereocenters. The third-order valence-electron chi connectivity index (χ3n) is 6.17. The lowest BCUT2D eigenvalue weighted by Gasteiger charge is -2.36. The highest BCUT2D eigenvalue weighted by molar-refractivity contribution is 6.31. The number of halogens is 2. The molecule has 3 aromatic rings. The van der Waals surface area contributed by atoms with E-state index in [4.69, 9.17) is 26.6 Å². The highest BCUT2D eigenvalue weighted by Gasteiger charge is 2.42. The monoisotopic (exact) mass is 441 g/mol. The van der Waals surface area contributed by atoms with Gasteiger partial charge in [-0.05, 0) is 53.1 Å². The summed E-state index contributed by atoms with van der Waals surface area (Å²) < 4.78 is 25.0. The Morgan fingerprint density at radius 3 is 2.81 bits per heavy atom. The molecule has 2 N–H and O–H groups in total. The highest BCUT2D eigenvalue weighted by Crippen LogP contribution is 2.41. The van der Waals surface area contributed by atoms with Crippen LogP contribution in [0.4, 0.5) is 4.39 Å². The molecule has 1 aromatic heterocycles. The maximum atomic E-state index is 14.9. The van der Waals surface area contributed by atoms with Crippen LogP contribution in [0, 0.1) is 12.7 Å². The number of aromatic nitrogens is 2. The van der Waals surface area contributed by atoms with Crippen LogP contribution in [0.25, 0.3) is 22.5 Å². The Hall–Kier alpha value is -2.61. The fourth-order valence-electron chi connectivity index (χ4n) is 4.42. The van der Waals surface area contributed by atoms with Crippen LogP contribution < -0.4 is 5.73 Å². The van der Waals surface area contributed by atoms with E-state index in [9.17, 15) is 9.18 Å². The number of ether oxygens (including phenoxy) is 1. The number of hydrogen-bond acceptors (Lipinski definition) is 6. The molecule has 6 nitrogen and oxygen atoms in total. The summed E-state index contributed by atoms with van der Waals surface area (Å²) in [4.78, 5) is 16.8. The number of carbonyl (C=O) groups is 1. The van der Waals surface area contributed by atoms with E-state index in [1.54, 1.807) is 13.0 Å². The molecule has 2 aliphatic rings. The lowest BCUT2D eigenvalue weighted by molar-refractivity contribution is -0.141. The molecule has 0 spiro atoms. The second-order valence-corrected chi connectivity index (χ2v) is 8.81. The molecule has 1 aliphatic heterocycles. The van der Waals surface area contributed by atoms with E-state index in [-0.39, 0.29) is 28.1 Å². The van der Waals surface area contributed by atoms with Crippen LogP contribution in [0.5, 0.6) is 0 Å². The van der Waals surface area contributed by atoms with Crippen LogP contribution >= 0.6 is 11.6 Å². The van der Waals surface area contributed by atoms with Crippen molar-refractivity contribution < 1.29 is 18.4 Å². The van der Waals surface area contributed by atoms with Gasteiger partial charge in [0.15, 0.2) is 5.78 Å². The smallest absolute Gasteiger partial charge is 0.223 e. The maximum absolute atomic E-state index is 14.9. The summed E-state index contributed by atoms with van der Waals surface area (Å²) in [6.45, 7) is 2.24. The molecule has 0 amide bonds. The SMILES string of the molecule is Cc1nc(-c2c(F)cc(Cl)cc2-c2ccc3c(c2)CC[C@@H]3CC(=O)C2(N)COC2)no1. The van der Waals surface area contributed by atoms with Crippen molar-refractivity contribution in [3.8, 4) is 22.5 Å². The Balaban J connectivity index is 1.49. The number of carbonyl (C=O) groups excluding carboxylic acids is 1. The number of fused-ring (bicyclic) bond motifs is 1. The molecule has 5 rings (SSSR count). The van der Waals surface area contributed by atoms with Gasteiger partial charge in [-0.1, -0.05) is 35.0 Å². The number of aryl methyl sites for hydroxylation is 2. The summed E-state index contributed by atoms with van der Waals surface area (Å²) in [5, 5.41) is 4.18. The van der Waals surface area contributed by atoms with Gasteiger partial charge >= 0.3 is 0 Å². The van der Waals surface area contributed by atoms with Gasteiger partial charge in [0.1, 0.15) is 11.4 Å². The summed E-state index contributed by atoms with van der Waals surface area (Å²) in [5.74, 6) is 0.205. The summed E-state index contributed by atoms with van der Waals surface area (Å²) in [5.41, 5.74) is 9.21. The quantitative estimate of drug-likeness (QED) is 0.637.